The normalized spacial score (nSPS) is 10.2. The number of ether oxygens (including phenoxy) is 1. The Kier molecular flexibility index (Phi) is 3.24. The number of benzene rings is 1. The molecule has 2 aromatic rings. The van der Waals surface area contributed by atoms with Gasteiger partial charge in [-0.15, -0.1) is 0 Å². The molecule has 0 aliphatic heterocycles. The summed E-state index contributed by atoms with van der Waals surface area (Å²) in [5.74, 6) is 6.42. The molecule has 0 fully saturated rings. The average Bonchev–Trinajstić information content (AvgIpc) is 2.39. The number of aromatic nitrogens is 3. The van der Waals surface area contributed by atoms with Gasteiger partial charge in [0.15, 0.2) is 5.82 Å². The summed E-state index contributed by atoms with van der Waals surface area (Å²) in [5, 5.41) is 1.30. The van der Waals surface area contributed by atoms with Crippen LogP contribution in [0.2, 0.25) is 0 Å². The predicted molar refractivity (Wildman–Crippen MR) is 68.8 cm³/mol. The number of nitrogen functional groups attached to an aromatic ring is 1. The van der Waals surface area contributed by atoms with Gasteiger partial charge in [-0.2, -0.15) is 15.0 Å². The highest BCUT2D eigenvalue weighted by Gasteiger charge is 2.10. The fourth-order valence-corrected chi connectivity index (χ4v) is 1.36. The fraction of sp³-hybridized carbons (Fsp3) is 0.182. The van der Waals surface area contributed by atoms with Crippen LogP contribution in [-0.2, 0) is 0 Å². The van der Waals surface area contributed by atoms with Crippen LogP contribution < -0.4 is 21.3 Å². The SMILES string of the molecule is COc1nc(-c2ccc(N)cc2)nc(N(C)N)n1. The number of hydrogen-bond donors (Lipinski definition) is 2. The van der Waals surface area contributed by atoms with E-state index >= 15 is 0 Å². The lowest BCUT2D eigenvalue weighted by molar-refractivity contribution is 0.379. The van der Waals surface area contributed by atoms with E-state index in [0.717, 1.165) is 5.56 Å². The molecule has 0 radical (unpaired) electrons. The topological polar surface area (TPSA) is 103 Å². The number of nitrogens with two attached hydrogens (primary N) is 2. The summed E-state index contributed by atoms with van der Waals surface area (Å²) in [4.78, 5) is 12.4. The zero-order valence-corrected chi connectivity index (χ0v) is 10.2. The molecule has 2 rings (SSSR count). The molecular formula is C11H14N6O. The van der Waals surface area contributed by atoms with Gasteiger partial charge in [-0.3, -0.25) is 5.01 Å². The highest BCUT2D eigenvalue weighted by Crippen LogP contribution is 2.20. The van der Waals surface area contributed by atoms with Crippen LogP contribution in [0.3, 0.4) is 0 Å². The summed E-state index contributed by atoms with van der Waals surface area (Å²) in [6.45, 7) is 0. The summed E-state index contributed by atoms with van der Waals surface area (Å²) >= 11 is 0. The molecular weight excluding hydrogens is 232 g/mol. The molecule has 18 heavy (non-hydrogen) atoms. The Hall–Kier alpha value is -2.41. The minimum absolute atomic E-state index is 0.212. The van der Waals surface area contributed by atoms with Crippen molar-refractivity contribution < 1.29 is 4.74 Å². The predicted octanol–water partition coefficient (Wildman–Crippen LogP) is 0.439. The minimum atomic E-state index is 0.212. The molecule has 0 bridgehead atoms. The van der Waals surface area contributed by atoms with Crippen molar-refractivity contribution in [1.29, 1.82) is 0 Å². The molecule has 4 N–H and O–H groups in total. The van der Waals surface area contributed by atoms with Crippen molar-refractivity contribution in [1.82, 2.24) is 15.0 Å². The molecule has 0 aliphatic rings. The molecule has 1 aromatic carbocycles. The third-order valence-corrected chi connectivity index (χ3v) is 2.27. The van der Waals surface area contributed by atoms with Crippen LogP contribution in [0.4, 0.5) is 11.6 Å². The van der Waals surface area contributed by atoms with Crippen molar-refractivity contribution in [3.63, 3.8) is 0 Å². The third kappa shape index (κ3) is 2.46. The van der Waals surface area contributed by atoms with Crippen LogP contribution in [0.25, 0.3) is 11.4 Å². The van der Waals surface area contributed by atoms with E-state index in [0.29, 0.717) is 17.5 Å². The maximum Gasteiger partial charge on any atom is 0.321 e. The molecule has 1 heterocycles. The number of methoxy groups -OCH3 is 1. The van der Waals surface area contributed by atoms with Crippen LogP contribution in [0.15, 0.2) is 24.3 Å². The van der Waals surface area contributed by atoms with Gasteiger partial charge in [0.25, 0.3) is 0 Å². The Morgan fingerprint density at radius 2 is 1.78 bits per heavy atom. The second-order valence-electron chi connectivity index (χ2n) is 3.68. The summed E-state index contributed by atoms with van der Waals surface area (Å²) in [7, 11) is 3.13. The largest absolute Gasteiger partial charge is 0.467 e. The molecule has 94 valence electrons. The summed E-state index contributed by atoms with van der Waals surface area (Å²) in [6.07, 6.45) is 0. The van der Waals surface area contributed by atoms with E-state index in [-0.39, 0.29) is 6.01 Å². The Morgan fingerprint density at radius 1 is 1.11 bits per heavy atom. The van der Waals surface area contributed by atoms with Crippen LogP contribution in [-0.4, -0.2) is 29.1 Å². The second kappa shape index (κ2) is 4.84. The van der Waals surface area contributed by atoms with Crippen LogP contribution in [0, 0.1) is 0 Å². The lowest BCUT2D eigenvalue weighted by Gasteiger charge is -2.11. The van der Waals surface area contributed by atoms with Crippen LogP contribution >= 0.6 is 0 Å². The van der Waals surface area contributed by atoms with Gasteiger partial charge in [0.05, 0.1) is 7.11 Å². The van der Waals surface area contributed by atoms with Gasteiger partial charge in [-0.1, -0.05) is 0 Å². The lowest BCUT2D eigenvalue weighted by atomic mass is 10.2. The number of anilines is 2. The standard InChI is InChI=1S/C11H14N6O/c1-17(13)10-14-9(15-11(16-10)18-2)7-3-5-8(12)6-4-7/h3-6H,12-13H2,1-2H3. The van der Waals surface area contributed by atoms with Gasteiger partial charge in [0.2, 0.25) is 5.95 Å². The highest BCUT2D eigenvalue weighted by atomic mass is 16.5. The van der Waals surface area contributed by atoms with Gasteiger partial charge in [0, 0.05) is 18.3 Å². The molecule has 0 amide bonds. The Labute approximate surface area is 104 Å². The van der Waals surface area contributed by atoms with Gasteiger partial charge in [-0.05, 0) is 24.3 Å². The Morgan fingerprint density at radius 3 is 2.33 bits per heavy atom. The summed E-state index contributed by atoms with van der Waals surface area (Å²) in [5.41, 5.74) is 7.12. The van der Waals surface area contributed by atoms with Crippen molar-refractivity contribution in [3.05, 3.63) is 24.3 Å². The Bertz CT molecular complexity index is 540. The zero-order chi connectivity index (χ0) is 13.1. The minimum Gasteiger partial charge on any atom is -0.467 e. The summed E-state index contributed by atoms with van der Waals surface area (Å²) in [6, 6.07) is 7.41. The first-order valence-corrected chi connectivity index (χ1v) is 5.24. The van der Waals surface area contributed by atoms with Gasteiger partial charge < -0.3 is 10.5 Å². The molecule has 0 saturated carbocycles. The zero-order valence-electron chi connectivity index (χ0n) is 10.2. The second-order valence-corrected chi connectivity index (χ2v) is 3.68. The van der Waals surface area contributed by atoms with Crippen molar-refractivity contribution >= 4 is 11.6 Å². The van der Waals surface area contributed by atoms with Gasteiger partial charge in [0.1, 0.15) is 0 Å². The fourth-order valence-electron chi connectivity index (χ4n) is 1.36. The van der Waals surface area contributed by atoms with E-state index in [4.69, 9.17) is 16.3 Å². The van der Waals surface area contributed by atoms with Crippen LogP contribution in [0.1, 0.15) is 0 Å². The van der Waals surface area contributed by atoms with Gasteiger partial charge >= 0.3 is 6.01 Å². The highest BCUT2D eigenvalue weighted by molar-refractivity contribution is 5.59. The van der Waals surface area contributed by atoms with Crippen molar-refractivity contribution in [2.75, 3.05) is 24.9 Å². The van der Waals surface area contributed by atoms with Crippen molar-refractivity contribution in [3.8, 4) is 17.4 Å². The molecule has 0 unspecified atom stereocenters. The molecule has 7 nitrogen and oxygen atoms in total. The molecule has 0 spiro atoms. The van der Waals surface area contributed by atoms with E-state index in [1.807, 2.05) is 12.1 Å². The van der Waals surface area contributed by atoms with E-state index < -0.39 is 0 Å². The Balaban J connectivity index is 2.49. The molecule has 0 atom stereocenters. The van der Waals surface area contributed by atoms with Crippen molar-refractivity contribution in [2.24, 2.45) is 5.84 Å². The first-order chi connectivity index (χ1) is 8.60. The number of hydrogen-bond acceptors (Lipinski definition) is 7. The van der Waals surface area contributed by atoms with E-state index in [1.165, 1.54) is 12.1 Å². The summed E-state index contributed by atoms with van der Waals surface area (Å²) < 4.78 is 5.02. The quantitative estimate of drug-likeness (QED) is 0.460. The first-order valence-electron chi connectivity index (χ1n) is 5.24. The smallest absolute Gasteiger partial charge is 0.321 e. The van der Waals surface area contributed by atoms with Gasteiger partial charge in [-0.25, -0.2) is 5.84 Å². The van der Waals surface area contributed by atoms with E-state index in [2.05, 4.69) is 15.0 Å². The lowest BCUT2D eigenvalue weighted by Crippen LogP contribution is -2.27. The monoisotopic (exact) mass is 246 g/mol. The first kappa shape index (κ1) is 12.1. The molecule has 1 aromatic heterocycles. The average molecular weight is 246 g/mol. The maximum absolute atomic E-state index is 5.63. The van der Waals surface area contributed by atoms with E-state index in [1.54, 1.807) is 19.2 Å². The number of hydrazine groups is 1. The third-order valence-electron chi connectivity index (χ3n) is 2.27. The molecule has 0 saturated heterocycles. The van der Waals surface area contributed by atoms with Crippen molar-refractivity contribution in [2.45, 2.75) is 0 Å². The molecule has 7 heteroatoms. The molecule has 0 aliphatic carbocycles. The van der Waals surface area contributed by atoms with Crippen LogP contribution in [0.5, 0.6) is 6.01 Å². The number of rotatable bonds is 3. The van der Waals surface area contributed by atoms with E-state index in [9.17, 15) is 0 Å². The number of nitrogens with zero attached hydrogens (tertiary/aromatic N) is 4. The maximum atomic E-state index is 5.63.